The molecule has 1 atom stereocenters. The van der Waals surface area contributed by atoms with Crippen LogP contribution >= 0.6 is 0 Å². The summed E-state index contributed by atoms with van der Waals surface area (Å²) in [5.41, 5.74) is 0.233. The smallest absolute Gasteiger partial charge is 0.169 e. The van der Waals surface area contributed by atoms with E-state index in [1.165, 1.54) is 0 Å². The fourth-order valence-corrected chi connectivity index (χ4v) is 1.17. The molecule has 0 aromatic carbocycles. The van der Waals surface area contributed by atoms with E-state index in [1.54, 1.807) is 6.40 Å². The van der Waals surface area contributed by atoms with Crippen LogP contribution in [0.5, 0.6) is 0 Å². The van der Waals surface area contributed by atoms with E-state index >= 15 is 0 Å². The highest BCUT2D eigenvalue weighted by molar-refractivity contribution is 5.46. The molecule has 0 amide bonds. The van der Waals surface area contributed by atoms with Gasteiger partial charge in [0, 0.05) is 6.04 Å². The zero-order valence-electron chi connectivity index (χ0n) is 10.1. The van der Waals surface area contributed by atoms with Crippen LogP contribution in [0.1, 0.15) is 34.1 Å². The Labute approximate surface area is 87.9 Å². The van der Waals surface area contributed by atoms with Gasteiger partial charge in [0.05, 0.1) is 13.2 Å². The fraction of sp³-hybridized carbons (Fsp3) is 0.909. The van der Waals surface area contributed by atoms with Crippen LogP contribution in [0.15, 0.2) is 4.99 Å². The minimum atomic E-state index is 0.233. The molecule has 14 heavy (non-hydrogen) atoms. The first-order valence-electron chi connectivity index (χ1n) is 5.29. The van der Waals surface area contributed by atoms with Gasteiger partial charge in [-0.2, -0.15) is 0 Å². The molecule has 3 nitrogen and oxygen atoms in total. The van der Waals surface area contributed by atoms with Crippen molar-refractivity contribution >= 4 is 6.40 Å². The van der Waals surface area contributed by atoms with Gasteiger partial charge in [0.15, 0.2) is 6.40 Å². The Morgan fingerprint density at radius 2 is 2.07 bits per heavy atom. The van der Waals surface area contributed by atoms with Gasteiger partial charge >= 0.3 is 0 Å². The minimum absolute atomic E-state index is 0.233. The molecule has 0 aromatic heterocycles. The van der Waals surface area contributed by atoms with Crippen molar-refractivity contribution in [3.05, 3.63) is 0 Å². The van der Waals surface area contributed by atoms with E-state index < -0.39 is 0 Å². The quantitative estimate of drug-likeness (QED) is 0.404. The molecule has 84 valence electrons. The van der Waals surface area contributed by atoms with Crippen molar-refractivity contribution in [2.75, 3.05) is 20.2 Å². The summed E-state index contributed by atoms with van der Waals surface area (Å²) in [6.45, 7) is 10.2. The minimum Gasteiger partial charge on any atom is -0.484 e. The van der Waals surface area contributed by atoms with Gasteiger partial charge in [0.2, 0.25) is 0 Å². The third kappa shape index (κ3) is 5.97. The van der Waals surface area contributed by atoms with Crippen LogP contribution < -0.4 is 5.32 Å². The maximum absolute atomic E-state index is 5.17. The topological polar surface area (TPSA) is 33.6 Å². The molecule has 0 aromatic rings. The maximum Gasteiger partial charge on any atom is 0.169 e. The molecule has 1 unspecified atom stereocenters. The summed E-state index contributed by atoms with van der Waals surface area (Å²) in [4.78, 5) is 4.24. The fourth-order valence-electron chi connectivity index (χ4n) is 1.17. The Morgan fingerprint density at radius 3 is 2.50 bits per heavy atom. The van der Waals surface area contributed by atoms with Crippen molar-refractivity contribution in [2.24, 2.45) is 10.4 Å². The Morgan fingerprint density at radius 1 is 1.43 bits per heavy atom. The third-order valence-electron chi connectivity index (χ3n) is 2.15. The Balaban J connectivity index is 3.79. The van der Waals surface area contributed by atoms with E-state index in [4.69, 9.17) is 4.74 Å². The number of nitrogens with one attached hydrogen (secondary N) is 1. The Hall–Kier alpha value is -0.570. The first kappa shape index (κ1) is 13.4. The van der Waals surface area contributed by atoms with E-state index in [9.17, 15) is 0 Å². The second kappa shape index (κ2) is 6.82. The average Bonchev–Trinajstić information content (AvgIpc) is 2.09. The van der Waals surface area contributed by atoms with Gasteiger partial charge in [0.25, 0.3) is 0 Å². The second-order valence-electron chi connectivity index (χ2n) is 4.55. The SMILES string of the molecule is CCCO/C=N/CC(NC)C(C)(C)C. The molecular weight excluding hydrogens is 176 g/mol. The molecule has 0 radical (unpaired) electrons. The number of nitrogens with zero attached hydrogens (tertiary/aromatic N) is 1. The van der Waals surface area contributed by atoms with E-state index in [0.29, 0.717) is 6.04 Å². The van der Waals surface area contributed by atoms with E-state index in [0.717, 1.165) is 19.6 Å². The van der Waals surface area contributed by atoms with Crippen LogP contribution in [-0.4, -0.2) is 32.6 Å². The number of ether oxygens (including phenoxy) is 1. The summed E-state index contributed by atoms with van der Waals surface area (Å²) in [6.07, 6.45) is 2.60. The largest absolute Gasteiger partial charge is 0.484 e. The van der Waals surface area contributed by atoms with Gasteiger partial charge in [-0.1, -0.05) is 27.7 Å². The van der Waals surface area contributed by atoms with Crippen molar-refractivity contribution in [1.29, 1.82) is 0 Å². The van der Waals surface area contributed by atoms with Gasteiger partial charge in [-0.25, -0.2) is 0 Å². The van der Waals surface area contributed by atoms with Crippen molar-refractivity contribution in [3.63, 3.8) is 0 Å². The molecule has 0 aliphatic heterocycles. The maximum atomic E-state index is 5.17. The number of likely N-dealkylation sites (N-methyl/N-ethyl adjacent to an activating group) is 1. The van der Waals surface area contributed by atoms with Crippen LogP contribution in [0, 0.1) is 5.41 Å². The molecule has 0 spiro atoms. The second-order valence-corrected chi connectivity index (χ2v) is 4.55. The van der Waals surface area contributed by atoms with Crippen LogP contribution in [-0.2, 0) is 4.74 Å². The highest BCUT2D eigenvalue weighted by atomic mass is 16.5. The summed E-state index contributed by atoms with van der Waals surface area (Å²) in [7, 11) is 1.97. The number of hydrogen-bond donors (Lipinski definition) is 1. The van der Waals surface area contributed by atoms with E-state index in [2.05, 4.69) is 38.0 Å². The lowest BCUT2D eigenvalue weighted by Crippen LogP contribution is -2.40. The lowest BCUT2D eigenvalue weighted by atomic mass is 9.87. The lowest BCUT2D eigenvalue weighted by Gasteiger charge is -2.28. The van der Waals surface area contributed by atoms with Crippen molar-refractivity contribution in [1.82, 2.24) is 5.32 Å². The van der Waals surface area contributed by atoms with Crippen LogP contribution in [0.3, 0.4) is 0 Å². The normalized spacial score (nSPS) is 14.6. The summed E-state index contributed by atoms with van der Waals surface area (Å²) >= 11 is 0. The summed E-state index contributed by atoms with van der Waals surface area (Å²) in [5, 5.41) is 3.26. The van der Waals surface area contributed by atoms with E-state index in [1.807, 2.05) is 7.05 Å². The van der Waals surface area contributed by atoms with Gasteiger partial charge < -0.3 is 10.1 Å². The highest BCUT2D eigenvalue weighted by Crippen LogP contribution is 2.18. The van der Waals surface area contributed by atoms with E-state index in [-0.39, 0.29) is 5.41 Å². The monoisotopic (exact) mass is 200 g/mol. The summed E-state index contributed by atoms with van der Waals surface area (Å²) in [6, 6.07) is 0.393. The first-order valence-corrected chi connectivity index (χ1v) is 5.29. The molecule has 0 rings (SSSR count). The van der Waals surface area contributed by atoms with Gasteiger partial charge in [0.1, 0.15) is 0 Å². The van der Waals surface area contributed by atoms with Crippen molar-refractivity contribution in [3.8, 4) is 0 Å². The molecule has 0 aliphatic carbocycles. The van der Waals surface area contributed by atoms with Crippen LogP contribution in [0.2, 0.25) is 0 Å². The van der Waals surface area contributed by atoms with Crippen LogP contribution in [0.4, 0.5) is 0 Å². The third-order valence-corrected chi connectivity index (χ3v) is 2.15. The Bertz CT molecular complexity index is 161. The van der Waals surface area contributed by atoms with Gasteiger partial charge in [-0.15, -0.1) is 0 Å². The van der Waals surface area contributed by atoms with Crippen molar-refractivity contribution in [2.45, 2.75) is 40.2 Å². The van der Waals surface area contributed by atoms with Gasteiger partial charge in [-0.3, -0.25) is 4.99 Å². The molecule has 0 saturated carbocycles. The molecular formula is C11H24N2O. The van der Waals surface area contributed by atoms with Gasteiger partial charge in [-0.05, 0) is 18.9 Å². The predicted octanol–water partition coefficient (Wildman–Crippen LogP) is 2.08. The zero-order chi connectivity index (χ0) is 11.0. The number of aliphatic imine (C=N–C) groups is 1. The lowest BCUT2D eigenvalue weighted by molar-refractivity contribution is 0.283. The summed E-state index contributed by atoms with van der Waals surface area (Å²) in [5.74, 6) is 0. The standard InChI is InChI=1S/C11H24N2O/c1-6-7-14-9-13-8-10(12-5)11(2,3)4/h9-10,12H,6-8H2,1-5H3/b13-9+. The molecule has 0 saturated heterocycles. The number of rotatable bonds is 6. The Kier molecular flexibility index (Phi) is 6.54. The molecule has 0 aliphatic rings. The molecule has 3 heteroatoms. The van der Waals surface area contributed by atoms with Crippen molar-refractivity contribution < 1.29 is 4.74 Å². The summed E-state index contributed by atoms with van der Waals surface area (Å²) < 4.78 is 5.17. The molecule has 0 fully saturated rings. The molecule has 0 heterocycles. The average molecular weight is 200 g/mol. The molecule has 1 N–H and O–H groups in total. The van der Waals surface area contributed by atoms with Crippen LogP contribution in [0.25, 0.3) is 0 Å². The zero-order valence-corrected chi connectivity index (χ0v) is 10.1. The first-order chi connectivity index (χ1) is 6.52. The molecule has 0 bridgehead atoms. The predicted molar refractivity (Wildman–Crippen MR) is 61.9 cm³/mol. The number of hydrogen-bond acceptors (Lipinski definition) is 3. The highest BCUT2D eigenvalue weighted by Gasteiger charge is 2.21.